The topological polar surface area (TPSA) is 102 Å². The zero-order valence-corrected chi connectivity index (χ0v) is 12.0. The molecule has 0 saturated carbocycles. The van der Waals surface area contributed by atoms with Crippen molar-refractivity contribution in [2.75, 3.05) is 10.5 Å². The van der Waals surface area contributed by atoms with E-state index in [4.69, 9.17) is 5.73 Å². The summed E-state index contributed by atoms with van der Waals surface area (Å²) < 4.78 is 29.1. The van der Waals surface area contributed by atoms with Crippen LogP contribution in [0.2, 0.25) is 0 Å². The Morgan fingerprint density at radius 1 is 1.29 bits per heavy atom. The van der Waals surface area contributed by atoms with Gasteiger partial charge in [-0.15, -0.1) is 0 Å². The number of pyridine rings is 2. The summed E-state index contributed by atoms with van der Waals surface area (Å²) in [5.41, 5.74) is 7.41. The van der Waals surface area contributed by atoms with Crippen molar-refractivity contribution >= 4 is 27.2 Å². The van der Waals surface area contributed by atoms with E-state index in [1.807, 2.05) is 0 Å². The number of sulfonamides is 1. The lowest BCUT2D eigenvalue weighted by atomic mass is 10.3. The molecular weight excluding hydrogens is 290 g/mol. The first-order valence-electron chi connectivity index (χ1n) is 6.15. The summed E-state index contributed by atoms with van der Waals surface area (Å²) in [6.07, 6.45) is 4.70. The van der Waals surface area contributed by atoms with Gasteiger partial charge in [0.05, 0.1) is 5.69 Å². The van der Waals surface area contributed by atoms with Gasteiger partial charge in [-0.3, -0.25) is 14.1 Å². The second kappa shape index (κ2) is 4.74. The van der Waals surface area contributed by atoms with Crippen molar-refractivity contribution in [1.29, 1.82) is 0 Å². The zero-order valence-electron chi connectivity index (χ0n) is 11.2. The third kappa shape index (κ3) is 2.29. The van der Waals surface area contributed by atoms with E-state index >= 15 is 0 Å². The molecule has 8 heteroatoms. The smallest absolute Gasteiger partial charge is 0.281 e. The zero-order chi connectivity index (χ0) is 15.0. The third-order valence-electron chi connectivity index (χ3n) is 3.03. The molecule has 0 saturated heterocycles. The Hall–Kier alpha value is -2.61. The Kier molecular flexibility index (Phi) is 3.02. The van der Waals surface area contributed by atoms with Crippen LogP contribution in [0.1, 0.15) is 5.56 Å². The first-order valence-corrected chi connectivity index (χ1v) is 7.63. The fraction of sp³-hybridized carbons (Fsp3) is 0.0769. The highest BCUT2D eigenvalue weighted by Gasteiger charge is 2.24. The van der Waals surface area contributed by atoms with Crippen molar-refractivity contribution < 1.29 is 8.42 Å². The minimum absolute atomic E-state index is 0.0413. The lowest BCUT2D eigenvalue weighted by molar-refractivity contribution is 0.597. The van der Waals surface area contributed by atoms with Crippen LogP contribution in [0.4, 0.5) is 11.5 Å². The van der Waals surface area contributed by atoms with Gasteiger partial charge in [0.1, 0.15) is 5.65 Å². The predicted molar refractivity (Wildman–Crippen MR) is 79.4 cm³/mol. The Labute approximate surface area is 121 Å². The molecule has 3 heterocycles. The SMILES string of the molecule is Cc1cnccc1NS(=O)(=O)c1c(N)nc2ccccn12. The highest BCUT2D eigenvalue weighted by Crippen LogP contribution is 2.23. The molecule has 0 radical (unpaired) electrons. The van der Waals surface area contributed by atoms with Gasteiger partial charge in [-0.25, -0.2) is 4.98 Å². The molecule has 3 aromatic rings. The molecule has 0 aliphatic carbocycles. The Morgan fingerprint density at radius 2 is 2.10 bits per heavy atom. The summed E-state index contributed by atoms with van der Waals surface area (Å²) >= 11 is 0. The van der Waals surface area contributed by atoms with Crippen molar-refractivity contribution in [3.8, 4) is 0 Å². The Morgan fingerprint density at radius 3 is 2.86 bits per heavy atom. The fourth-order valence-corrected chi connectivity index (χ4v) is 3.39. The molecule has 0 spiro atoms. The van der Waals surface area contributed by atoms with Gasteiger partial charge in [0, 0.05) is 18.6 Å². The quantitative estimate of drug-likeness (QED) is 0.762. The largest absolute Gasteiger partial charge is 0.381 e. The predicted octanol–water partition coefficient (Wildman–Crippen LogP) is 1.42. The minimum Gasteiger partial charge on any atom is -0.381 e. The molecule has 3 N–H and O–H groups in total. The van der Waals surface area contributed by atoms with E-state index in [-0.39, 0.29) is 10.8 Å². The van der Waals surface area contributed by atoms with E-state index in [0.29, 0.717) is 16.9 Å². The van der Waals surface area contributed by atoms with Crippen molar-refractivity contribution in [3.63, 3.8) is 0 Å². The summed E-state index contributed by atoms with van der Waals surface area (Å²) in [7, 11) is -3.85. The van der Waals surface area contributed by atoms with Crippen molar-refractivity contribution in [2.24, 2.45) is 0 Å². The van der Waals surface area contributed by atoms with E-state index < -0.39 is 10.0 Å². The molecule has 0 bridgehead atoms. The Bertz CT molecular complexity index is 917. The Balaban J connectivity index is 2.13. The molecule has 0 aliphatic heterocycles. The van der Waals surface area contributed by atoms with E-state index in [1.165, 1.54) is 10.6 Å². The summed E-state index contributed by atoms with van der Waals surface area (Å²) in [6, 6.07) is 6.75. The molecule has 0 aliphatic rings. The second-order valence-electron chi connectivity index (χ2n) is 4.53. The van der Waals surface area contributed by atoms with Gasteiger partial charge >= 0.3 is 0 Å². The van der Waals surface area contributed by atoms with Crippen LogP contribution in [-0.2, 0) is 10.0 Å². The minimum atomic E-state index is -3.85. The van der Waals surface area contributed by atoms with Crippen molar-refractivity contribution in [1.82, 2.24) is 14.4 Å². The number of imidazole rings is 1. The molecule has 7 nitrogen and oxygen atoms in total. The average Bonchev–Trinajstić information content (AvgIpc) is 2.77. The van der Waals surface area contributed by atoms with Gasteiger partial charge < -0.3 is 5.73 Å². The molecule has 108 valence electrons. The van der Waals surface area contributed by atoms with E-state index in [0.717, 1.165) is 0 Å². The number of hydrogen-bond donors (Lipinski definition) is 2. The van der Waals surface area contributed by atoms with Crippen LogP contribution in [-0.4, -0.2) is 22.8 Å². The number of anilines is 2. The number of fused-ring (bicyclic) bond motifs is 1. The van der Waals surface area contributed by atoms with Crippen molar-refractivity contribution in [3.05, 3.63) is 48.4 Å². The van der Waals surface area contributed by atoms with Crippen LogP contribution in [0.3, 0.4) is 0 Å². The standard InChI is InChI=1S/C13H13N5O2S/c1-9-8-15-6-5-10(9)17-21(19,20)13-12(14)16-11-4-2-3-7-18(11)13/h2-8H,14H2,1H3,(H,15,17). The number of hydrogen-bond acceptors (Lipinski definition) is 5. The number of rotatable bonds is 3. The number of nitrogens with one attached hydrogen (secondary N) is 1. The van der Waals surface area contributed by atoms with E-state index in [9.17, 15) is 8.42 Å². The van der Waals surface area contributed by atoms with Crippen LogP contribution >= 0.6 is 0 Å². The van der Waals surface area contributed by atoms with Gasteiger partial charge in [-0.2, -0.15) is 8.42 Å². The van der Waals surface area contributed by atoms with Crippen LogP contribution in [0.25, 0.3) is 5.65 Å². The molecular formula is C13H13N5O2S. The number of nitrogen functional groups attached to an aromatic ring is 1. The number of nitrogens with zero attached hydrogens (tertiary/aromatic N) is 3. The molecule has 0 fully saturated rings. The van der Waals surface area contributed by atoms with Gasteiger partial charge in [0.15, 0.2) is 5.82 Å². The number of aryl methyl sites for hydroxylation is 1. The average molecular weight is 303 g/mol. The first-order chi connectivity index (χ1) is 9.99. The monoisotopic (exact) mass is 303 g/mol. The molecule has 3 rings (SSSR count). The second-order valence-corrected chi connectivity index (χ2v) is 6.12. The summed E-state index contributed by atoms with van der Waals surface area (Å²) in [6.45, 7) is 1.77. The highest BCUT2D eigenvalue weighted by molar-refractivity contribution is 7.92. The first kappa shape index (κ1) is 13.4. The van der Waals surface area contributed by atoms with Crippen LogP contribution in [0.5, 0.6) is 0 Å². The van der Waals surface area contributed by atoms with Gasteiger partial charge in [-0.05, 0) is 30.7 Å². The van der Waals surface area contributed by atoms with Crippen LogP contribution < -0.4 is 10.5 Å². The number of nitrogens with two attached hydrogens (primary N) is 1. The van der Waals surface area contributed by atoms with Gasteiger partial charge in [0.25, 0.3) is 10.0 Å². The molecule has 0 atom stereocenters. The molecule has 0 amide bonds. The highest BCUT2D eigenvalue weighted by atomic mass is 32.2. The summed E-state index contributed by atoms with van der Waals surface area (Å²) in [4.78, 5) is 7.98. The molecule has 21 heavy (non-hydrogen) atoms. The van der Waals surface area contributed by atoms with Crippen LogP contribution in [0.15, 0.2) is 47.9 Å². The molecule has 0 aromatic carbocycles. The van der Waals surface area contributed by atoms with E-state index in [2.05, 4.69) is 14.7 Å². The fourth-order valence-electron chi connectivity index (χ4n) is 2.04. The third-order valence-corrected chi connectivity index (χ3v) is 4.43. The lowest BCUT2D eigenvalue weighted by Gasteiger charge is -2.10. The molecule has 3 aromatic heterocycles. The maximum atomic E-state index is 12.6. The summed E-state index contributed by atoms with van der Waals surface area (Å²) in [5.74, 6) is -0.0413. The van der Waals surface area contributed by atoms with E-state index in [1.54, 1.807) is 43.6 Å². The maximum Gasteiger partial charge on any atom is 0.281 e. The maximum absolute atomic E-state index is 12.6. The normalized spacial score (nSPS) is 11.7. The number of aromatic nitrogens is 3. The summed E-state index contributed by atoms with van der Waals surface area (Å²) in [5, 5.41) is -0.0747. The van der Waals surface area contributed by atoms with Crippen LogP contribution in [0, 0.1) is 6.92 Å². The van der Waals surface area contributed by atoms with Crippen molar-refractivity contribution in [2.45, 2.75) is 11.9 Å². The molecule has 0 unspecified atom stereocenters. The lowest BCUT2D eigenvalue weighted by Crippen LogP contribution is -2.17. The van der Waals surface area contributed by atoms with Gasteiger partial charge in [-0.1, -0.05) is 6.07 Å². The van der Waals surface area contributed by atoms with Gasteiger partial charge in [0.2, 0.25) is 5.03 Å².